The molecule has 1 amide bonds. The predicted octanol–water partition coefficient (Wildman–Crippen LogP) is 3.56. The molecular formula is C15H10BrF2NO3. The van der Waals surface area contributed by atoms with Gasteiger partial charge in [0.2, 0.25) is 0 Å². The number of ether oxygens (including phenoxy) is 1. The lowest BCUT2D eigenvalue weighted by Gasteiger charge is -2.09. The van der Waals surface area contributed by atoms with Crippen LogP contribution in [0, 0.1) is 11.6 Å². The number of benzene rings is 2. The molecule has 1 N–H and O–H groups in total. The fourth-order valence-electron chi connectivity index (χ4n) is 1.63. The molecule has 2 aromatic carbocycles. The minimum absolute atomic E-state index is 0.134. The van der Waals surface area contributed by atoms with Gasteiger partial charge < -0.3 is 10.1 Å². The van der Waals surface area contributed by atoms with Gasteiger partial charge in [0.05, 0.1) is 10.2 Å². The van der Waals surface area contributed by atoms with Crippen molar-refractivity contribution in [3.8, 4) is 5.75 Å². The Hall–Kier alpha value is -2.28. The molecule has 0 saturated carbocycles. The number of hydrogen-bond donors (Lipinski definition) is 1. The lowest BCUT2D eigenvalue weighted by molar-refractivity contribution is -0.118. The summed E-state index contributed by atoms with van der Waals surface area (Å²) >= 11 is 3.21. The van der Waals surface area contributed by atoms with E-state index in [-0.39, 0.29) is 12.3 Å². The Morgan fingerprint density at radius 2 is 2.00 bits per heavy atom. The van der Waals surface area contributed by atoms with Crippen LogP contribution in [-0.2, 0) is 4.79 Å². The minimum Gasteiger partial charge on any atom is -0.483 e. The Kier molecular flexibility index (Phi) is 5.21. The maximum atomic E-state index is 13.4. The highest BCUT2D eigenvalue weighted by Gasteiger charge is 2.10. The number of amides is 1. The van der Waals surface area contributed by atoms with Gasteiger partial charge in [0, 0.05) is 11.6 Å². The summed E-state index contributed by atoms with van der Waals surface area (Å²) in [5.74, 6) is -1.84. The second-order valence-electron chi connectivity index (χ2n) is 4.27. The summed E-state index contributed by atoms with van der Waals surface area (Å²) in [5, 5.41) is 2.27. The summed E-state index contributed by atoms with van der Waals surface area (Å²) in [7, 11) is 0. The van der Waals surface area contributed by atoms with Gasteiger partial charge in [-0.25, -0.2) is 8.78 Å². The lowest BCUT2D eigenvalue weighted by Crippen LogP contribution is -2.21. The van der Waals surface area contributed by atoms with Crippen LogP contribution < -0.4 is 10.1 Å². The third-order valence-corrected chi connectivity index (χ3v) is 3.28. The second kappa shape index (κ2) is 7.13. The van der Waals surface area contributed by atoms with Crippen molar-refractivity contribution >= 4 is 33.8 Å². The van der Waals surface area contributed by atoms with Gasteiger partial charge in [-0.1, -0.05) is 0 Å². The van der Waals surface area contributed by atoms with Crippen LogP contribution in [0.4, 0.5) is 14.5 Å². The zero-order valence-electron chi connectivity index (χ0n) is 11.1. The predicted molar refractivity (Wildman–Crippen MR) is 80.0 cm³/mol. The van der Waals surface area contributed by atoms with E-state index in [4.69, 9.17) is 4.74 Å². The van der Waals surface area contributed by atoms with E-state index in [1.54, 1.807) is 6.07 Å². The molecule has 0 radical (unpaired) electrons. The van der Waals surface area contributed by atoms with Gasteiger partial charge in [0.15, 0.2) is 6.61 Å². The summed E-state index contributed by atoms with van der Waals surface area (Å²) < 4.78 is 31.9. The molecular weight excluding hydrogens is 360 g/mol. The molecule has 0 aliphatic carbocycles. The Labute approximate surface area is 133 Å². The molecule has 7 heteroatoms. The normalized spacial score (nSPS) is 10.1. The Morgan fingerprint density at radius 3 is 2.64 bits per heavy atom. The monoisotopic (exact) mass is 369 g/mol. The number of rotatable bonds is 5. The number of halogens is 3. The van der Waals surface area contributed by atoms with Crippen LogP contribution in [0.3, 0.4) is 0 Å². The fraction of sp³-hybridized carbons (Fsp3) is 0.0667. The molecule has 0 atom stereocenters. The quantitative estimate of drug-likeness (QED) is 0.819. The first kappa shape index (κ1) is 16.1. The molecule has 22 heavy (non-hydrogen) atoms. The molecule has 0 aliphatic rings. The van der Waals surface area contributed by atoms with E-state index >= 15 is 0 Å². The van der Waals surface area contributed by atoms with Gasteiger partial charge in [-0.3, -0.25) is 9.59 Å². The van der Waals surface area contributed by atoms with Crippen molar-refractivity contribution in [3.63, 3.8) is 0 Å². The van der Waals surface area contributed by atoms with E-state index in [1.165, 1.54) is 12.1 Å². The highest BCUT2D eigenvalue weighted by molar-refractivity contribution is 9.10. The third-order valence-electron chi connectivity index (χ3n) is 2.66. The van der Waals surface area contributed by atoms with Crippen LogP contribution in [0.25, 0.3) is 0 Å². The molecule has 0 heterocycles. The first-order valence-corrected chi connectivity index (χ1v) is 6.91. The fourth-order valence-corrected chi connectivity index (χ4v) is 2.14. The average Bonchev–Trinajstić information content (AvgIpc) is 2.48. The standard InChI is InChI=1S/C15H10BrF2NO3/c16-11-5-9(7-20)1-4-14(11)22-8-15(21)19-13-3-2-10(17)6-12(13)18/h1-7H,8H2,(H,19,21). The van der Waals surface area contributed by atoms with E-state index in [0.29, 0.717) is 28.1 Å². The maximum absolute atomic E-state index is 13.4. The third kappa shape index (κ3) is 4.11. The number of anilines is 1. The van der Waals surface area contributed by atoms with E-state index in [1.807, 2.05) is 0 Å². The largest absolute Gasteiger partial charge is 0.483 e. The smallest absolute Gasteiger partial charge is 0.262 e. The maximum Gasteiger partial charge on any atom is 0.262 e. The lowest BCUT2D eigenvalue weighted by atomic mass is 10.2. The molecule has 0 spiro atoms. The molecule has 4 nitrogen and oxygen atoms in total. The van der Waals surface area contributed by atoms with Crippen molar-refractivity contribution in [3.05, 3.63) is 58.1 Å². The van der Waals surface area contributed by atoms with Gasteiger partial charge >= 0.3 is 0 Å². The number of carbonyl (C=O) groups excluding carboxylic acids is 2. The molecule has 0 aliphatic heterocycles. The first-order valence-electron chi connectivity index (χ1n) is 6.12. The first-order chi connectivity index (χ1) is 10.5. The Morgan fingerprint density at radius 1 is 1.23 bits per heavy atom. The van der Waals surface area contributed by atoms with Crippen molar-refractivity contribution in [1.29, 1.82) is 0 Å². The van der Waals surface area contributed by atoms with E-state index < -0.39 is 17.5 Å². The van der Waals surface area contributed by atoms with Crippen LogP contribution >= 0.6 is 15.9 Å². The molecule has 0 aromatic heterocycles. The van der Waals surface area contributed by atoms with Gasteiger partial charge in [-0.2, -0.15) is 0 Å². The van der Waals surface area contributed by atoms with Crippen molar-refractivity contribution in [2.24, 2.45) is 0 Å². The van der Waals surface area contributed by atoms with E-state index in [0.717, 1.165) is 12.1 Å². The minimum atomic E-state index is -0.870. The van der Waals surface area contributed by atoms with Crippen LogP contribution in [0.5, 0.6) is 5.75 Å². The van der Waals surface area contributed by atoms with Crippen LogP contribution in [0.15, 0.2) is 40.9 Å². The molecule has 0 bridgehead atoms. The molecule has 2 rings (SSSR count). The molecule has 0 saturated heterocycles. The summed E-state index contributed by atoms with van der Waals surface area (Å²) in [6.07, 6.45) is 0.679. The van der Waals surface area contributed by atoms with Gasteiger partial charge in [-0.05, 0) is 46.3 Å². The SMILES string of the molecule is O=Cc1ccc(OCC(=O)Nc2ccc(F)cc2F)c(Br)c1. The highest BCUT2D eigenvalue weighted by atomic mass is 79.9. The van der Waals surface area contributed by atoms with Crippen LogP contribution in [0.2, 0.25) is 0 Å². The number of nitrogens with one attached hydrogen (secondary N) is 1. The number of aldehydes is 1. The molecule has 2 aromatic rings. The second-order valence-corrected chi connectivity index (χ2v) is 5.12. The average molecular weight is 370 g/mol. The Balaban J connectivity index is 1.96. The summed E-state index contributed by atoms with van der Waals surface area (Å²) in [6, 6.07) is 7.43. The molecule has 0 unspecified atom stereocenters. The summed E-state index contributed by atoms with van der Waals surface area (Å²) in [5.41, 5.74) is 0.322. The topological polar surface area (TPSA) is 55.4 Å². The van der Waals surface area contributed by atoms with E-state index in [9.17, 15) is 18.4 Å². The van der Waals surface area contributed by atoms with Crippen molar-refractivity contribution in [1.82, 2.24) is 0 Å². The number of carbonyl (C=O) groups is 2. The molecule has 114 valence electrons. The highest BCUT2D eigenvalue weighted by Crippen LogP contribution is 2.25. The molecule has 0 fully saturated rings. The van der Waals surface area contributed by atoms with Crippen LogP contribution in [-0.4, -0.2) is 18.8 Å². The van der Waals surface area contributed by atoms with Gasteiger partial charge in [0.1, 0.15) is 23.7 Å². The number of hydrogen-bond acceptors (Lipinski definition) is 3. The summed E-state index contributed by atoms with van der Waals surface area (Å²) in [4.78, 5) is 22.3. The van der Waals surface area contributed by atoms with Crippen molar-refractivity contribution in [2.45, 2.75) is 0 Å². The Bertz CT molecular complexity index is 722. The zero-order valence-corrected chi connectivity index (χ0v) is 12.7. The van der Waals surface area contributed by atoms with Crippen LogP contribution in [0.1, 0.15) is 10.4 Å². The van der Waals surface area contributed by atoms with Gasteiger partial charge in [-0.15, -0.1) is 0 Å². The van der Waals surface area contributed by atoms with Gasteiger partial charge in [0.25, 0.3) is 5.91 Å². The van der Waals surface area contributed by atoms with Crippen molar-refractivity contribution in [2.75, 3.05) is 11.9 Å². The van der Waals surface area contributed by atoms with E-state index in [2.05, 4.69) is 21.2 Å². The summed E-state index contributed by atoms with van der Waals surface area (Å²) in [6.45, 7) is -0.365. The zero-order chi connectivity index (χ0) is 16.1. The van der Waals surface area contributed by atoms with Crippen molar-refractivity contribution < 1.29 is 23.1 Å².